The summed E-state index contributed by atoms with van der Waals surface area (Å²) in [6.45, 7) is 6.31. The van der Waals surface area contributed by atoms with Crippen molar-refractivity contribution in [3.8, 4) is 0 Å². The maximum absolute atomic E-state index is 12.3. The predicted molar refractivity (Wildman–Crippen MR) is 104 cm³/mol. The smallest absolute Gasteiger partial charge is 0.333 e. The molecule has 2 saturated heterocycles. The molecule has 2 fully saturated rings. The molecule has 0 N–H and O–H groups in total. The molecular weight excluding hydrogens is 360 g/mol. The Morgan fingerprint density at radius 1 is 1.07 bits per heavy atom. The highest BCUT2D eigenvalue weighted by Crippen LogP contribution is 2.49. The fourth-order valence-corrected chi connectivity index (χ4v) is 4.34. The summed E-state index contributed by atoms with van der Waals surface area (Å²) in [5, 5.41) is 0. The normalized spacial score (nSPS) is 39.2. The minimum Gasteiger partial charge on any atom is -0.466 e. The van der Waals surface area contributed by atoms with Gasteiger partial charge in [0.15, 0.2) is 0 Å². The molecule has 0 aromatic heterocycles. The fraction of sp³-hybridized carbons (Fsp3) is 0.727. The van der Waals surface area contributed by atoms with E-state index in [9.17, 15) is 9.59 Å². The number of hydrogen-bond acceptors (Lipinski definition) is 6. The van der Waals surface area contributed by atoms with E-state index in [4.69, 9.17) is 18.9 Å². The van der Waals surface area contributed by atoms with Crippen LogP contribution in [0.1, 0.15) is 59.3 Å². The molecular formula is C22H32O6. The van der Waals surface area contributed by atoms with Crippen LogP contribution in [0.15, 0.2) is 23.3 Å². The van der Waals surface area contributed by atoms with Crippen molar-refractivity contribution < 1.29 is 28.5 Å². The van der Waals surface area contributed by atoms with Gasteiger partial charge in [0.25, 0.3) is 0 Å². The van der Waals surface area contributed by atoms with Gasteiger partial charge in [-0.05, 0) is 57.4 Å². The zero-order chi connectivity index (χ0) is 20.5. The van der Waals surface area contributed by atoms with E-state index in [2.05, 4.69) is 20.8 Å². The summed E-state index contributed by atoms with van der Waals surface area (Å²) in [6.07, 6.45) is 8.16. The van der Waals surface area contributed by atoms with Gasteiger partial charge in [-0.15, -0.1) is 0 Å². The van der Waals surface area contributed by atoms with Crippen LogP contribution in [0.5, 0.6) is 0 Å². The monoisotopic (exact) mass is 392 g/mol. The molecule has 0 saturated carbocycles. The Kier molecular flexibility index (Phi) is 6.01. The Morgan fingerprint density at radius 2 is 1.75 bits per heavy atom. The van der Waals surface area contributed by atoms with Crippen LogP contribution in [0.2, 0.25) is 0 Å². The van der Waals surface area contributed by atoms with Gasteiger partial charge in [-0.25, -0.2) is 9.59 Å². The van der Waals surface area contributed by atoms with Gasteiger partial charge < -0.3 is 18.9 Å². The topological polar surface area (TPSA) is 77.7 Å². The van der Waals surface area contributed by atoms with E-state index in [1.165, 1.54) is 14.2 Å². The van der Waals surface area contributed by atoms with Crippen molar-refractivity contribution in [3.63, 3.8) is 0 Å². The number of esters is 2. The second kappa shape index (κ2) is 7.99. The molecule has 6 nitrogen and oxygen atoms in total. The van der Waals surface area contributed by atoms with Gasteiger partial charge in [-0.1, -0.05) is 19.9 Å². The highest BCUT2D eigenvalue weighted by molar-refractivity contribution is 5.89. The van der Waals surface area contributed by atoms with Gasteiger partial charge in [0.2, 0.25) is 0 Å². The molecule has 2 aliphatic heterocycles. The number of hydrogen-bond donors (Lipinski definition) is 0. The first-order valence-electron chi connectivity index (χ1n) is 10.2. The summed E-state index contributed by atoms with van der Waals surface area (Å²) in [7, 11) is 2.82. The van der Waals surface area contributed by atoms with Gasteiger partial charge in [-0.2, -0.15) is 0 Å². The Labute approximate surface area is 167 Å². The van der Waals surface area contributed by atoms with Gasteiger partial charge in [0, 0.05) is 11.1 Å². The summed E-state index contributed by atoms with van der Waals surface area (Å²) in [4.78, 5) is 24.5. The number of allylic oxidation sites excluding steroid dienone is 1. The van der Waals surface area contributed by atoms with Crippen LogP contribution >= 0.6 is 0 Å². The van der Waals surface area contributed by atoms with Crippen molar-refractivity contribution in [2.45, 2.75) is 82.7 Å². The molecule has 6 heteroatoms. The first kappa shape index (κ1) is 21.1. The van der Waals surface area contributed by atoms with Crippen LogP contribution in [0.3, 0.4) is 0 Å². The van der Waals surface area contributed by atoms with Crippen molar-refractivity contribution in [3.05, 3.63) is 23.3 Å². The third-order valence-corrected chi connectivity index (χ3v) is 6.52. The molecule has 0 unspecified atom stereocenters. The van der Waals surface area contributed by atoms with Crippen molar-refractivity contribution >= 4 is 11.9 Å². The number of fused-ring (bicyclic) bond motifs is 2. The molecule has 3 rings (SSSR count). The van der Waals surface area contributed by atoms with Gasteiger partial charge >= 0.3 is 11.9 Å². The maximum atomic E-state index is 12.3. The second-order valence-electron chi connectivity index (χ2n) is 8.55. The zero-order valence-electron chi connectivity index (χ0n) is 17.6. The van der Waals surface area contributed by atoms with E-state index in [1.54, 1.807) is 0 Å². The van der Waals surface area contributed by atoms with E-state index in [1.807, 2.05) is 12.2 Å². The zero-order valence-corrected chi connectivity index (χ0v) is 17.6. The molecule has 1 aliphatic carbocycles. The second-order valence-corrected chi connectivity index (χ2v) is 8.55. The van der Waals surface area contributed by atoms with Crippen LogP contribution in [-0.4, -0.2) is 49.6 Å². The van der Waals surface area contributed by atoms with Gasteiger partial charge in [0.05, 0.1) is 25.9 Å². The minimum atomic E-state index is -0.360. The number of carbonyl (C=O) groups excluding carboxylic acids is 2. The largest absolute Gasteiger partial charge is 0.466 e. The average Bonchev–Trinajstić information content (AvgIpc) is 3.55. The molecule has 0 spiro atoms. The summed E-state index contributed by atoms with van der Waals surface area (Å²) < 4.78 is 22.0. The molecule has 0 aromatic carbocycles. The number of methoxy groups -OCH3 is 2. The molecule has 0 aromatic rings. The SMILES string of the molecule is COC(=O)/C1=C\CC[C@@]2(C)O[C@@H]2CC/C(C(=O)OC)=C\[C@H]2O[C@]2(C(C)C)CC1. The fourth-order valence-electron chi connectivity index (χ4n) is 4.34. The summed E-state index contributed by atoms with van der Waals surface area (Å²) in [6, 6.07) is 0. The Bertz CT molecular complexity index is 693. The first-order valence-corrected chi connectivity index (χ1v) is 10.2. The van der Waals surface area contributed by atoms with E-state index in [0.717, 1.165) is 19.3 Å². The number of ether oxygens (including phenoxy) is 4. The molecule has 0 amide bonds. The van der Waals surface area contributed by atoms with Gasteiger partial charge in [-0.3, -0.25) is 0 Å². The highest BCUT2D eigenvalue weighted by Gasteiger charge is 2.57. The Morgan fingerprint density at radius 3 is 2.39 bits per heavy atom. The number of epoxide rings is 2. The van der Waals surface area contributed by atoms with Crippen molar-refractivity contribution in [1.82, 2.24) is 0 Å². The highest BCUT2D eigenvalue weighted by atomic mass is 16.6. The third-order valence-electron chi connectivity index (χ3n) is 6.52. The van der Waals surface area contributed by atoms with Crippen LogP contribution < -0.4 is 0 Å². The van der Waals surface area contributed by atoms with Crippen molar-refractivity contribution in [1.29, 1.82) is 0 Å². The lowest BCUT2D eigenvalue weighted by atomic mass is 9.84. The van der Waals surface area contributed by atoms with Gasteiger partial charge in [0.1, 0.15) is 11.7 Å². The molecule has 4 atom stereocenters. The van der Waals surface area contributed by atoms with E-state index >= 15 is 0 Å². The maximum Gasteiger partial charge on any atom is 0.333 e. The van der Waals surface area contributed by atoms with Crippen LogP contribution in [0.25, 0.3) is 0 Å². The van der Waals surface area contributed by atoms with E-state index < -0.39 is 0 Å². The van der Waals surface area contributed by atoms with Crippen LogP contribution in [-0.2, 0) is 28.5 Å². The Hall–Kier alpha value is -1.66. The lowest BCUT2D eigenvalue weighted by Gasteiger charge is -2.18. The van der Waals surface area contributed by atoms with Crippen LogP contribution in [0, 0.1) is 5.92 Å². The minimum absolute atomic E-state index is 0.119. The lowest BCUT2D eigenvalue weighted by Crippen LogP contribution is -2.24. The van der Waals surface area contributed by atoms with E-state index in [0.29, 0.717) is 30.4 Å². The molecule has 156 valence electrons. The number of rotatable bonds is 3. The Balaban J connectivity index is 1.86. The summed E-state index contributed by atoms with van der Waals surface area (Å²) >= 11 is 0. The quantitative estimate of drug-likeness (QED) is 0.540. The van der Waals surface area contributed by atoms with E-state index in [-0.39, 0.29) is 41.3 Å². The lowest BCUT2D eigenvalue weighted by molar-refractivity contribution is -0.137. The third kappa shape index (κ3) is 4.18. The van der Waals surface area contributed by atoms with Crippen molar-refractivity contribution in [2.24, 2.45) is 5.92 Å². The molecule has 2 heterocycles. The summed E-state index contributed by atoms with van der Waals surface area (Å²) in [5.74, 6) is -0.334. The standard InChI is InChI=1S/C22H32O6/c1-14(2)22-12-10-15(19(23)25-4)7-6-11-21(3)17(27-21)9-8-16(20(24)26-5)13-18(22)28-22/h7,13-14,17-18H,6,8-12H2,1-5H3/b15-7-,16-13+/t17-,18-,21-,22+/m1/s1. The van der Waals surface area contributed by atoms with Crippen LogP contribution in [0.4, 0.5) is 0 Å². The summed E-state index contributed by atoms with van der Waals surface area (Å²) in [5.41, 5.74) is 0.780. The predicted octanol–water partition coefficient (Wildman–Crippen LogP) is 3.49. The molecule has 28 heavy (non-hydrogen) atoms. The number of carbonyl (C=O) groups is 2. The molecule has 0 radical (unpaired) electrons. The molecule has 0 bridgehead atoms. The van der Waals surface area contributed by atoms with Crippen molar-refractivity contribution in [2.75, 3.05) is 14.2 Å². The first-order chi connectivity index (χ1) is 13.3. The average molecular weight is 392 g/mol. The molecule has 3 aliphatic rings.